The number of rotatable bonds is 5. The standard InChI is InChI=1S/C44H2F30/c45-15-1(17(47)23(53)7-3(15)37(67)41(71)43(73)39(7)69)5-19(49)25(55)9(26(56)20(5)50)11-29(59)33(63)13(34(64)30(11)60)14-35(65)31(61)12(32(62)36(14)66)10-27(57)21(51)6(22(52)28(10)58)2-16(46)4-8(24(54)18(2)48)40(70)44(74)42(72)38(4)68/h5,19H. The molecule has 0 nitrogen and oxygen atoms in total. The zero-order valence-corrected chi connectivity index (χ0v) is 33.5. The maximum absolute atomic E-state index is 15.6. The monoisotopic (exact) mass is 1100 g/mol. The lowest BCUT2D eigenvalue weighted by Crippen LogP contribution is -2.25. The lowest BCUT2D eigenvalue weighted by Gasteiger charge is -2.27. The largest absolute Gasteiger partial charge is 0.239 e. The molecule has 0 heterocycles. The van der Waals surface area contributed by atoms with Gasteiger partial charge in [0.1, 0.15) is 23.3 Å². The van der Waals surface area contributed by atoms with Crippen LogP contribution in [0.25, 0.3) is 60.5 Å². The van der Waals surface area contributed by atoms with Crippen molar-refractivity contribution in [1.82, 2.24) is 0 Å². The van der Waals surface area contributed by atoms with E-state index in [-0.39, 0.29) is 0 Å². The second kappa shape index (κ2) is 17.5. The second-order valence-corrected chi connectivity index (χ2v) is 15.0. The summed E-state index contributed by atoms with van der Waals surface area (Å²) in [4.78, 5) is 0. The maximum Gasteiger partial charge on any atom is 0.198 e. The molecule has 388 valence electrons. The van der Waals surface area contributed by atoms with Gasteiger partial charge in [-0.25, -0.2) is 132 Å². The van der Waals surface area contributed by atoms with Gasteiger partial charge in [0, 0.05) is 5.56 Å². The molecule has 0 aromatic heterocycles. The van der Waals surface area contributed by atoms with E-state index < -0.39 is 252 Å². The molecular weight excluding hydrogens is 1100 g/mol. The highest BCUT2D eigenvalue weighted by Gasteiger charge is 2.48. The summed E-state index contributed by atoms with van der Waals surface area (Å²) in [5.74, 6) is -98.5. The van der Waals surface area contributed by atoms with E-state index in [1.54, 1.807) is 0 Å². The van der Waals surface area contributed by atoms with Gasteiger partial charge in [-0.1, -0.05) is 0 Å². The molecule has 2 unspecified atom stereocenters. The first-order valence-corrected chi connectivity index (χ1v) is 18.6. The van der Waals surface area contributed by atoms with Crippen molar-refractivity contribution in [2.45, 2.75) is 12.1 Å². The predicted octanol–water partition coefficient (Wildman–Crippen LogP) is 16.6. The average molecular weight is 1100 g/mol. The number of allylic oxidation sites excluding steroid dienone is 4. The number of benzene rings is 7. The van der Waals surface area contributed by atoms with E-state index in [4.69, 9.17) is 0 Å². The van der Waals surface area contributed by atoms with Gasteiger partial charge < -0.3 is 0 Å². The minimum atomic E-state index is -4.47. The Hall–Kier alpha value is -7.56. The highest BCUT2D eigenvalue weighted by Crippen LogP contribution is 2.53. The van der Waals surface area contributed by atoms with Crippen LogP contribution >= 0.6 is 0 Å². The van der Waals surface area contributed by atoms with Gasteiger partial charge in [0.2, 0.25) is 0 Å². The second-order valence-electron chi connectivity index (χ2n) is 15.0. The fraction of sp³-hybridized carbons (Fsp3) is 0.0455. The first-order chi connectivity index (χ1) is 34.3. The predicted molar refractivity (Wildman–Crippen MR) is 188 cm³/mol. The van der Waals surface area contributed by atoms with Crippen LogP contribution in [-0.4, -0.2) is 6.17 Å². The number of alkyl halides is 1. The summed E-state index contributed by atoms with van der Waals surface area (Å²) in [6.45, 7) is 0. The topological polar surface area (TPSA) is 0 Å². The van der Waals surface area contributed by atoms with Crippen LogP contribution in [-0.2, 0) is 0 Å². The van der Waals surface area contributed by atoms with Crippen molar-refractivity contribution in [2.75, 3.05) is 0 Å². The van der Waals surface area contributed by atoms with Crippen molar-refractivity contribution in [3.05, 3.63) is 180 Å². The quantitative estimate of drug-likeness (QED) is 0.0915. The molecular formula is C44H2F30. The van der Waals surface area contributed by atoms with Gasteiger partial charge in [0.25, 0.3) is 0 Å². The van der Waals surface area contributed by atoms with Crippen LogP contribution in [0.1, 0.15) is 17.0 Å². The Morgan fingerprint density at radius 1 is 0.189 bits per heavy atom. The molecule has 0 fully saturated rings. The van der Waals surface area contributed by atoms with Crippen molar-refractivity contribution >= 4 is 27.1 Å². The molecule has 0 N–H and O–H groups in total. The molecule has 7 aromatic carbocycles. The minimum Gasteiger partial charge on any atom is -0.239 e. The third-order valence-corrected chi connectivity index (χ3v) is 11.3. The van der Waals surface area contributed by atoms with Crippen LogP contribution in [0.3, 0.4) is 0 Å². The van der Waals surface area contributed by atoms with Crippen LogP contribution in [0, 0.1) is 151 Å². The molecule has 0 aliphatic heterocycles. The van der Waals surface area contributed by atoms with Crippen molar-refractivity contribution in [1.29, 1.82) is 0 Å². The average Bonchev–Trinajstić information content (AvgIpc) is 3.35. The molecule has 0 saturated heterocycles. The van der Waals surface area contributed by atoms with E-state index in [2.05, 4.69) is 0 Å². The molecule has 0 saturated carbocycles. The third-order valence-electron chi connectivity index (χ3n) is 11.3. The van der Waals surface area contributed by atoms with Crippen LogP contribution in [0.4, 0.5) is 132 Å². The van der Waals surface area contributed by atoms with Gasteiger partial charge in [-0.3, -0.25) is 0 Å². The Bertz CT molecular complexity index is 3760. The Balaban J connectivity index is 1.29. The van der Waals surface area contributed by atoms with Gasteiger partial charge >= 0.3 is 0 Å². The molecule has 74 heavy (non-hydrogen) atoms. The van der Waals surface area contributed by atoms with E-state index in [1.165, 1.54) is 0 Å². The molecule has 0 radical (unpaired) electrons. The Morgan fingerprint density at radius 2 is 0.405 bits per heavy atom. The fourth-order valence-corrected chi connectivity index (χ4v) is 7.97. The number of fused-ring (bicyclic) bond motifs is 2. The third kappa shape index (κ3) is 6.72. The van der Waals surface area contributed by atoms with Crippen LogP contribution in [0.5, 0.6) is 0 Å². The molecule has 1 aliphatic carbocycles. The van der Waals surface area contributed by atoms with Crippen molar-refractivity contribution in [3.8, 4) is 33.4 Å². The minimum absolute atomic E-state index is 2.45. The fourth-order valence-electron chi connectivity index (χ4n) is 7.97. The van der Waals surface area contributed by atoms with Crippen LogP contribution in [0.2, 0.25) is 0 Å². The smallest absolute Gasteiger partial charge is 0.198 e. The number of hydrogen-bond donors (Lipinski definition) is 0. The van der Waals surface area contributed by atoms with E-state index >= 15 is 87.8 Å². The summed E-state index contributed by atoms with van der Waals surface area (Å²) in [5, 5.41) is -9.98. The lowest BCUT2D eigenvalue weighted by atomic mass is 9.82. The van der Waals surface area contributed by atoms with Crippen LogP contribution < -0.4 is 0 Å². The van der Waals surface area contributed by atoms with Crippen molar-refractivity contribution in [2.24, 2.45) is 0 Å². The first-order valence-electron chi connectivity index (χ1n) is 18.6. The summed E-state index contributed by atoms with van der Waals surface area (Å²) in [5.41, 5.74) is -27.3. The number of halogens is 30. The molecule has 2 atom stereocenters. The highest BCUT2D eigenvalue weighted by atomic mass is 19.2. The lowest BCUT2D eigenvalue weighted by molar-refractivity contribution is 0.258. The molecule has 0 bridgehead atoms. The SMILES string of the molecule is FC1=C(F)C(c2c(F)c(F)c3c(F)c(F)c(F)c(F)c3c2F)C(F)C(F)=C1c1c(F)c(F)c(-c2c(F)c(F)c(-c3c(F)c(F)c(-c4c(F)c(F)c5c(F)c(F)c(F)c(F)c5c4F)c(F)c3F)c(F)c2F)c(F)c1F. The van der Waals surface area contributed by atoms with Gasteiger partial charge in [0.15, 0.2) is 152 Å². The normalized spacial score (nSPS) is 15.3. The zero-order valence-electron chi connectivity index (χ0n) is 33.5. The van der Waals surface area contributed by atoms with Gasteiger partial charge in [-0.15, -0.1) is 0 Å². The molecule has 0 spiro atoms. The van der Waals surface area contributed by atoms with Crippen molar-refractivity contribution in [3.63, 3.8) is 0 Å². The highest BCUT2D eigenvalue weighted by molar-refractivity contribution is 5.92. The van der Waals surface area contributed by atoms with E-state index in [0.29, 0.717) is 0 Å². The summed E-state index contributed by atoms with van der Waals surface area (Å²) >= 11 is 0. The summed E-state index contributed by atoms with van der Waals surface area (Å²) in [6, 6.07) is 0. The van der Waals surface area contributed by atoms with Crippen molar-refractivity contribution < 1.29 is 132 Å². The molecule has 7 aromatic rings. The van der Waals surface area contributed by atoms with Gasteiger partial charge in [0.05, 0.1) is 72.0 Å². The van der Waals surface area contributed by atoms with E-state index in [0.717, 1.165) is 0 Å². The Labute approximate surface area is 384 Å². The molecule has 1 aliphatic rings. The van der Waals surface area contributed by atoms with Crippen LogP contribution in [0.15, 0.2) is 17.5 Å². The van der Waals surface area contributed by atoms with Gasteiger partial charge in [-0.05, 0) is 0 Å². The summed E-state index contributed by atoms with van der Waals surface area (Å²) < 4.78 is 453. The zero-order chi connectivity index (χ0) is 55.4. The Morgan fingerprint density at radius 3 is 0.716 bits per heavy atom. The first kappa shape index (κ1) is 52.8. The van der Waals surface area contributed by atoms with E-state index in [1.807, 2.05) is 0 Å². The molecule has 0 amide bonds. The number of hydrogen-bond acceptors (Lipinski definition) is 0. The molecule has 8 rings (SSSR count). The maximum atomic E-state index is 15.6. The van der Waals surface area contributed by atoms with Gasteiger partial charge in [-0.2, -0.15) is 0 Å². The Kier molecular flexibility index (Phi) is 12.5. The summed E-state index contributed by atoms with van der Waals surface area (Å²) in [6.07, 6.45) is -4.47. The van der Waals surface area contributed by atoms with E-state index in [9.17, 15) is 43.9 Å². The molecule has 30 heteroatoms. The summed E-state index contributed by atoms with van der Waals surface area (Å²) in [7, 11) is 0.